The number of carbonyl (C=O) groups excluding carboxylic acids is 5. The summed E-state index contributed by atoms with van der Waals surface area (Å²) in [4.78, 5) is 72.4. The first-order valence-electron chi connectivity index (χ1n) is 18.5. The SMILES string of the molecule is CC(C)(C)OC(=O)C1OC2(COCc3ccccc3)OC(C(=O)OC(C)(C)C)([C@H](OC(=O)c3ccccc3)[C@H]2OC(=O)c2ccccc2)C1(O)C(=O)OC(C)(C)C. The number of ether oxygens (including phenoxy) is 8. The number of esters is 5. The second-order valence-electron chi connectivity index (χ2n) is 16.8. The van der Waals surface area contributed by atoms with Crippen molar-refractivity contribution in [1.29, 1.82) is 0 Å². The second-order valence-corrected chi connectivity index (χ2v) is 16.8. The molecule has 5 rings (SSSR count). The van der Waals surface area contributed by atoms with Crippen LogP contribution in [0.3, 0.4) is 0 Å². The Balaban J connectivity index is 1.83. The van der Waals surface area contributed by atoms with Gasteiger partial charge < -0.3 is 43.0 Å². The van der Waals surface area contributed by atoms with Crippen molar-refractivity contribution in [2.24, 2.45) is 0 Å². The number of carbonyl (C=O) groups is 5. The molecule has 0 aromatic heterocycles. The van der Waals surface area contributed by atoms with Crippen LogP contribution in [0, 0.1) is 0 Å². The number of hydrogen-bond acceptors (Lipinski definition) is 14. The highest BCUT2D eigenvalue weighted by Gasteiger charge is 2.88. The van der Waals surface area contributed by atoms with Gasteiger partial charge in [0.2, 0.25) is 17.5 Å². The normalized spacial score (nSPS) is 25.8. The first kappa shape index (κ1) is 43.0. The van der Waals surface area contributed by atoms with E-state index in [0.717, 1.165) is 0 Å². The van der Waals surface area contributed by atoms with Gasteiger partial charge in [0, 0.05) is 0 Å². The molecule has 0 aliphatic carbocycles. The van der Waals surface area contributed by atoms with Crippen molar-refractivity contribution in [3.63, 3.8) is 0 Å². The highest BCUT2D eigenvalue weighted by molar-refractivity contribution is 6.00. The van der Waals surface area contributed by atoms with Crippen molar-refractivity contribution in [2.45, 2.75) is 121 Å². The maximum atomic E-state index is 15.1. The third-order valence-electron chi connectivity index (χ3n) is 8.64. The minimum Gasteiger partial charge on any atom is -0.458 e. The smallest absolute Gasteiger partial charge is 0.347 e. The summed E-state index contributed by atoms with van der Waals surface area (Å²) in [5.41, 5.74) is -10.1. The zero-order chi connectivity index (χ0) is 42.0. The number of aliphatic hydroxyl groups is 1. The predicted molar refractivity (Wildman–Crippen MR) is 201 cm³/mol. The van der Waals surface area contributed by atoms with Crippen LogP contribution in [0.5, 0.6) is 0 Å². The van der Waals surface area contributed by atoms with E-state index < -0.39 is 88.6 Å². The molecule has 0 spiro atoms. The van der Waals surface area contributed by atoms with E-state index in [-0.39, 0.29) is 17.7 Å². The predicted octanol–water partition coefficient (Wildman–Crippen LogP) is 5.27. The number of hydrogen-bond donors (Lipinski definition) is 1. The van der Waals surface area contributed by atoms with Crippen molar-refractivity contribution < 1.29 is 67.0 Å². The molecule has 2 fully saturated rings. The number of rotatable bonds is 11. The molecule has 2 bridgehead atoms. The summed E-state index contributed by atoms with van der Waals surface area (Å²) < 4.78 is 48.5. The first-order valence-corrected chi connectivity index (χ1v) is 18.5. The van der Waals surface area contributed by atoms with Gasteiger partial charge in [-0.25, -0.2) is 24.0 Å². The van der Waals surface area contributed by atoms with Crippen molar-refractivity contribution in [2.75, 3.05) is 6.61 Å². The Morgan fingerprint density at radius 3 is 1.53 bits per heavy atom. The van der Waals surface area contributed by atoms with Gasteiger partial charge in [-0.3, -0.25) is 0 Å². The summed E-state index contributed by atoms with van der Waals surface area (Å²) in [6, 6.07) is 24.2. The van der Waals surface area contributed by atoms with E-state index in [9.17, 15) is 24.3 Å². The first-order chi connectivity index (χ1) is 26.5. The molecule has 3 aromatic rings. The maximum absolute atomic E-state index is 15.1. The van der Waals surface area contributed by atoms with E-state index in [0.29, 0.717) is 5.56 Å². The van der Waals surface area contributed by atoms with Gasteiger partial charge in [-0.1, -0.05) is 66.7 Å². The van der Waals surface area contributed by atoms with Crippen LogP contribution in [0.25, 0.3) is 0 Å². The second kappa shape index (κ2) is 16.0. The Kier molecular flexibility index (Phi) is 12.1. The van der Waals surface area contributed by atoms with Crippen LogP contribution in [-0.2, 0) is 58.9 Å². The van der Waals surface area contributed by atoms with E-state index in [1.54, 1.807) is 66.7 Å². The van der Waals surface area contributed by atoms with Crippen molar-refractivity contribution >= 4 is 29.8 Å². The van der Waals surface area contributed by atoms with Gasteiger partial charge in [0.05, 0.1) is 17.7 Å². The number of fused-ring (bicyclic) bond motifs is 2. The molecule has 306 valence electrons. The molecule has 2 saturated heterocycles. The molecular weight excluding hydrogens is 740 g/mol. The topological polar surface area (TPSA) is 179 Å². The molecule has 0 saturated carbocycles. The molecule has 4 unspecified atom stereocenters. The van der Waals surface area contributed by atoms with E-state index in [2.05, 4.69) is 0 Å². The van der Waals surface area contributed by atoms with Gasteiger partial charge in [0.15, 0.2) is 12.2 Å². The highest BCUT2D eigenvalue weighted by Crippen LogP contribution is 2.57. The Morgan fingerprint density at radius 1 is 0.614 bits per heavy atom. The van der Waals surface area contributed by atoms with Crippen LogP contribution < -0.4 is 0 Å². The quantitative estimate of drug-likeness (QED) is 0.196. The fourth-order valence-corrected chi connectivity index (χ4v) is 6.40. The van der Waals surface area contributed by atoms with Gasteiger partial charge >= 0.3 is 29.8 Å². The van der Waals surface area contributed by atoms with Crippen LogP contribution in [0.15, 0.2) is 91.0 Å². The van der Waals surface area contributed by atoms with Gasteiger partial charge in [0.1, 0.15) is 23.4 Å². The van der Waals surface area contributed by atoms with E-state index in [1.807, 2.05) is 0 Å². The fourth-order valence-electron chi connectivity index (χ4n) is 6.40. The van der Waals surface area contributed by atoms with E-state index >= 15 is 4.79 Å². The summed E-state index contributed by atoms with van der Waals surface area (Å²) in [6.45, 7) is 12.7. The molecule has 2 aliphatic heterocycles. The zero-order valence-corrected chi connectivity index (χ0v) is 33.6. The third kappa shape index (κ3) is 9.20. The lowest BCUT2D eigenvalue weighted by molar-refractivity contribution is -0.385. The molecule has 14 heteroatoms. The Morgan fingerprint density at radius 2 is 1.05 bits per heavy atom. The molecular formula is C43H50O14. The van der Waals surface area contributed by atoms with Gasteiger partial charge in [-0.15, -0.1) is 0 Å². The van der Waals surface area contributed by atoms with Crippen molar-refractivity contribution in [1.82, 2.24) is 0 Å². The average molecular weight is 791 g/mol. The minimum atomic E-state index is -3.57. The summed E-state index contributed by atoms with van der Waals surface area (Å²) in [5.74, 6) is -9.14. The lowest BCUT2D eigenvalue weighted by Crippen LogP contribution is -2.79. The van der Waals surface area contributed by atoms with Crippen LogP contribution in [-0.4, -0.2) is 93.7 Å². The standard InChI is InChI=1S/C43H50O14/c1-38(2,3)54-35(46)32-42(49,36(47)55-39(4,5)6)43(37(48)56-40(7,8)9)31(52-34(45)29-23-17-12-18-24-29)30(51-33(44)28-21-15-11-16-22-28)41(53-32,57-43)26-50-25-27-19-13-10-14-20-27/h10-24,30-32,49H,25-26H2,1-9H3/t30-,31-,32?,41?,42?,43?/m1/s1. The third-order valence-corrected chi connectivity index (χ3v) is 8.64. The summed E-state index contributed by atoms with van der Waals surface area (Å²) in [5, 5.41) is 13.2. The number of benzene rings is 3. The van der Waals surface area contributed by atoms with Gasteiger partial charge in [0.25, 0.3) is 5.60 Å². The van der Waals surface area contributed by atoms with Crippen LogP contribution in [0.2, 0.25) is 0 Å². The Bertz CT molecular complexity index is 1930. The fraction of sp³-hybridized carbons (Fsp3) is 0.465. The molecule has 14 nitrogen and oxygen atoms in total. The molecule has 3 aromatic carbocycles. The summed E-state index contributed by atoms with van der Waals surface area (Å²) >= 11 is 0. The van der Waals surface area contributed by atoms with Crippen molar-refractivity contribution in [3.05, 3.63) is 108 Å². The van der Waals surface area contributed by atoms with Gasteiger partial charge in [-0.2, -0.15) is 0 Å². The van der Waals surface area contributed by atoms with Crippen molar-refractivity contribution in [3.8, 4) is 0 Å². The van der Waals surface area contributed by atoms with Crippen LogP contribution in [0.1, 0.15) is 88.6 Å². The van der Waals surface area contributed by atoms with Gasteiger partial charge in [-0.05, 0) is 92.1 Å². The van der Waals surface area contributed by atoms with Crippen LogP contribution in [0.4, 0.5) is 0 Å². The molecule has 6 atom stereocenters. The average Bonchev–Trinajstić information content (AvgIpc) is 3.35. The molecule has 57 heavy (non-hydrogen) atoms. The summed E-state index contributed by atoms with van der Waals surface area (Å²) in [6.07, 6.45) is -6.83. The minimum absolute atomic E-state index is 0.0184. The van der Waals surface area contributed by atoms with E-state index in [4.69, 9.17) is 37.9 Å². The lowest BCUT2D eigenvalue weighted by Gasteiger charge is -2.51. The Hall–Kier alpha value is -5.15. The monoisotopic (exact) mass is 790 g/mol. The largest absolute Gasteiger partial charge is 0.458 e. The highest BCUT2D eigenvalue weighted by atomic mass is 16.8. The summed E-state index contributed by atoms with van der Waals surface area (Å²) in [7, 11) is 0. The molecule has 0 radical (unpaired) electrons. The molecule has 2 aliphatic rings. The maximum Gasteiger partial charge on any atom is 0.347 e. The molecule has 2 heterocycles. The lowest BCUT2D eigenvalue weighted by atomic mass is 9.74. The van der Waals surface area contributed by atoms with E-state index in [1.165, 1.54) is 86.6 Å². The zero-order valence-electron chi connectivity index (χ0n) is 33.6. The van der Waals surface area contributed by atoms with Crippen LogP contribution >= 0.6 is 0 Å². The Labute approximate surface area is 331 Å². The molecule has 0 amide bonds. The molecule has 1 N–H and O–H groups in total.